The molecule has 1 aliphatic carbocycles. The van der Waals surface area contributed by atoms with Crippen molar-refractivity contribution >= 4 is 5.97 Å². The van der Waals surface area contributed by atoms with E-state index < -0.39 is 5.97 Å². The minimum absolute atomic E-state index is 0.174. The van der Waals surface area contributed by atoms with Gasteiger partial charge in [-0.1, -0.05) is 18.6 Å². The third-order valence-corrected chi connectivity index (χ3v) is 5.13. The highest BCUT2D eigenvalue weighted by atomic mass is 16.5. The minimum atomic E-state index is -0.892. The first-order valence-corrected chi connectivity index (χ1v) is 9.67. The van der Waals surface area contributed by atoms with E-state index in [2.05, 4.69) is 4.98 Å². The zero-order valence-electron chi connectivity index (χ0n) is 16.4. The van der Waals surface area contributed by atoms with Crippen LogP contribution in [0.1, 0.15) is 43.6 Å². The van der Waals surface area contributed by atoms with E-state index in [1.165, 1.54) is 6.08 Å². The Labute approximate surface area is 165 Å². The number of ether oxygens (including phenoxy) is 2. The number of benzene rings is 1. The fourth-order valence-electron chi connectivity index (χ4n) is 3.61. The Morgan fingerprint density at radius 2 is 2.25 bits per heavy atom. The van der Waals surface area contributed by atoms with Gasteiger partial charge in [-0.15, -0.1) is 0 Å². The highest BCUT2D eigenvalue weighted by molar-refractivity contribution is 5.79. The monoisotopic (exact) mass is 385 g/mol. The molecule has 0 spiro atoms. The average Bonchev–Trinajstić information content (AvgIpc) is 3.07. The number of carbonyl (C=O) groups is 1. The summed E-state index contributed by atoms with van der Waals surface area (Å²) in [4.78, 5) is 15.2. The predicted octanol–water partition coefficient (Wildman–Crippen LogP) is 4.76. The molecule has 1 N–H and O–H groups in total. The third-order valence-electron chi connectivity index (χ3n) is 5.13. The summed E-state index contributed by atoms with van der Waals surface area (Å²) >= 11 is 0. The van der Waals surface area contributed by atoms with E-state index >= 15 is 0 Å². The lowest BCUT2D eigenvalue weighted by molar-refractivity contribution is -0.131. The smallest absolute Gasteiger partial charge is 0.327 e. The van der Waals surface area contributed by atoms with E-state index in [4.69, 9.17) is 19.0 Å². The van der Waals surface area contributed by atoms with Gasteiger partial charge in [-0.2, -0.15) is 0 Å². The summed E-state index contributed by atoms with van der Waals surface area (Å²) in [7, 11) is 1.63. The van der Waals surface area contributed by atoms with Crippen LogP contribution in [0.2, 0.25) is 0 Å². The van der Waals surface area contributed by atoms with E-state index in [1.54, 1.807) is 13.2 Å². The number of nitrogens with zero attached hydrogens (tertiary/aromatic N) is 1. The Hall–Kier alpha value is -2.60. The average molecular weight is 385 g/mol. The number of oxazole rings is 1. The van der Waals surface area contributed by atoms with Gasteiger partial charge in [0.25, 0.3) is 0 Å². The van der Waals surface area contributed by atoms with Gasteiger partial charge in [-0.25, -0.2) is 9.78 Å². The van der Waals surface area contributed by atoms with Crippen LogP contribution in [0.4, 0.5) is 0 Å². The largest absolute Gasteiger partial charge is 0.497 e. The highest BCUT2D eigenvalue weighted by Crippen LogP contribution is 2.30. The molecule has 6 nitrogen and oxygen atoms in total. The number of carboxylic acid groups (broad SMARTS) is 1. The molecule has 1 heterocycles. The molecule has 28 heavy (non-hydrogen) atoms. The third kappa shape index (κ3) is 5.45. The van der Waals surface area contributed by atoms with Gasteiger partial charge in [0, 0.05) is 11.6 Å². The topological polar surface area (TPSA) is 81.8 Å². The van der Waals surface area contributed by atoms with Gasteiger partial charge in [0.05, 0.1) is 19.8 Å². The maximum atomic E-state index is 10.6. The summed E-state index contributed by atoms with van der Waals surface area (Å²) in [5.74, 6) is 1.67. The molecular formula is C22H27NO5. The van der Waals surface area contributed by atoms with Crippen molar-refractivity contribution in [2.75, 3.05) is 7.11 Å². The van der Waals surface area contributed by atoms with Crippen LogP contribution < -0.4 is 4.74 Å². The fraction of sp³-hybridized carbons (Fsp3) is 0.455. The lowest BCUT2D eigenvalue weighted by Gasteiger charge is -2.28. The molecule has 6 heteroatoms. The standard InChI is InChI=1S/C22H27NO5/c1-15-20(23-22(28-15)17-8-5-9-18(13-17)26-2)14-27-19-10-3-6-16(12-19)7-4-11-21(24)25/h4-5,8-9,11,13,16,19H,3,6-7,10,12,14H2,1-2H3,(H,24,25)/t16-,19-/m1/s1. The summed E-state index contributed by atoms with van der Waals surface area (Å²) < 4.78 is 17.2. The Balaban J connectivity index is 1.57. The van der Waals surface area contributed by atoms with Gasteiger partial charge >= 0.3 is 5.97 Å². The van der Waals surface area contributed by atoms with Crippen molar-refractivity contribution in [3.05, 3.63) is 47.9 Å². The van der Waals surface area contributed by atoms with Crippen LogP contribution in [0.25, 0.3) is 11.5 Å². The van der Waals surface area contributed by atoms with Gasteiger partial charge in [0.2, 0.25) is 5.89 Å². The molecule has 0 bridgehead atoms. The molecule has 1 fully saturated rings. The van der Waals surface area contributed by atoms with Gasteiger partial charge in [-0.3, -0.25) is 0 Å². The number of aryl methyl sites for hydroxylation is 1. The highest BCUT2D eigenvalue weighted by Gasteiger charge is 2.23. The van der Waals surface area contributed by atoms with E-state index in [0.29, 0.717) is 18.4 Å². The summed E-state index contributed by atoms with van der Waals surface area (Å²) in [5.41, 5.74) is 1.68. The number of hydrogen-bond donors (Lipinski definition) is 1. The number of rotatable bonds is 8. The van der Waals surface area contributed by atoms with Gasteiger partial charge in [0.1, 0.15) is 17.2 Å². The molecule has 0 radical (unpaired) electrons. The Morgan fingerprint density at radius 3 is 3.04 bits per heavy atom. The Kier molecular flexibility index (Phi) is 6.87. The van der Waals surface area contributed by atoms with Gasteiger partial charge in [0.15, 0.2) is 0 Å². The van der Waals surface area contributed by atoms with Crippen molar-refractivity contribution in [2.24, 2.45) is 5.92 Å². The first-order valence-electron chi connectivity index (χ1n) is 9.67. The molecule has 1 aromatic heterocycles. The second-order valence-electron chi connectivity index (χ2n) is 7.20. The van der Waals surface area contributed by atoms with Gasteiger partial charge in [-0.05, 0) is 56.7 Å². The number of carboxylic acids is 1. The van der Waals surface area contributed by atoms with Crippen LogP contribution in [0.5, 0.6) is 5.75 Å². The quantitative estimate of drug-likeness (QED) is 0.660. The second kappa shape index (κ2) is 9.55. The maximum Gasteiger partial charge on any atom is 0.327 e. The summed E-state index contributed by atoms with van der Waals surface area (Å²) in [6.45, 7) is 2.32. The van der Waals surface area contributed by atoms with Crippen LogP contribution in [-0.4, -0.2) is 29.3 Å². The van der Waals surface area contributed by atoms with Gasteiger partial charge < -0.3 is 19.0 Å². The molecule has 3 rings (SSSR count). The molecule has 2 atom stereocenters. The molecule has 0 unspecified atom stereocenters. The fourth-order valence-corrected chi connectivity index (χ4v) is 3.61. The zero-order valence-corrected chi connectivity index (χ0v) is 16.4. The number of methoxy groups -OCH3 is 1. The molecule has 2 aromatic rings. The normalized spacial score (nSPS) is 19.8. The van der Waals surface area contributed by atoms with Crippen molar-refractivity contribution in [2.45, 2.75) is 51.7 Å². The van der Waals surface area contributed by atoms with E-state index in [9.17, 15) is 4.79 Å². The van der Waals surface area contributed by atoms with Crippen LogP contribution in [-0.2, 0) is 16.1 Å². The molecule has 1 aliphatic rings. The summed E-state index contributed by atoms with van der Waals surface area (Å²) in [6, 6.07) is 7.63. The van der Waals surface area contributed by atoms with Crippen molar-refractivity contribution in [1.29, 1.82) is 0 Å². The Bertz CT molecular complexity index is 826. The van der Waals surface area contributed by atoms with E-state index in [1.807, 2.05) is 31.2 Å². The predicted molar refractivity (Wildman–Crippen MR) is 105 cm³/mol. The number of hydrogen-bond acceptors (Lipinski definition) is 5. The SMILES string of the molecule is COc1cccc(-c2nc(CO[C@@H]3CCC[C@H](CC=CC(=O)O)C3)c(C)o2)c1. The first-order chi connectivity index (χ1) is 13.5. The number of allylic oxidation sites excluding steroid dienone is 1. The van der Waals surface area contributed by atoms with E-state index in [-0.39, 0.29) is 6.10 Å². The summed E-state index contributed by atoms with van der Waals surface area (Å²) in [5, 5.41) is 8.71. The molecule has 150 valence electrons. The maximum absolute atomic E-state index is 10.6. The lowest BCUT2D eigenvalue weighted by Crippen LogP contribution is -2.22. The van der Waals surface area contributed by atoms with E-state index in [0.717, 1.165) is 54.9 Å². The molecule has 1 saturated carbocycles. The number of aromatic nitrogens is 1. The van der Waals surface area contributed by atoms with Crippen molar-refractivity contribution in [3.8, 4) is 17.2 Å². The van der Waals surface area contributed by atoms with Crippen molar-refractivity contribution < 1.29 is 23.8 Å². The summed E-state index contributed by atoms with van der Waals surface area (Å²) in [6.07, 6.45) is 8.13. The number of aliphatic carboxylic acids is 1. The zero-order chi connectivity index (χ0) is 19.9. The molecule has 0 saturated heterocycles. The van der Waals surface area contributed by atoms with Crippen molar-refractivity contribution in [3.63, 3.8) is 0 Å². The van der Waals surface area contributed by atoms with Crippen molar-refractivity contribution in [1.82, 2.24) is 4.98 Å². The first kappa shape index (κ1) is 20.1. The molecule has 1 aromatic carbocycles. The second-order valence-corrected chi connectivity index (χ2v) is 7.20. The molecular weight excluding hydrogens is 358 g/mol. The van der Waals surface area contributed by atoms with Crippen LogP contribution in [0.3, 0.4) is 0 Å². The lowest BCUT2D eigenvalue weighted by atomic mass is 9.85. The van der Waals surface area contributed by atoms with Crippen LogP contribution in [0, 0.1) is 12.8 Å². The minimum Gasteiger partial charge on any atom is -0.497 e. The van der Waals surface area contributed by atoms with Crippen LogP contribution in [0.15, 0.2) is 40.8 Å². The molecule has 0 amide bonds. The van der Waals surface area contributed by atoms with Crippen LogP contribution >= 0.6 is 0 Å². The Morgan fingerprint density at radius 1 is 1.39 bits per heavy atom. The molecule has 0 aliphatic heterocycles.